The largest absolute Gasteiger partial charge is 0.487 e. The zero-order chi connectivity index (χ0) is 22.8. The van der Waals surface area contributed by atoms with Gasteiger partial charge in [-0.05, 0) is 65.9 Å². The van der Waals surface area contributed by atoms with Gasteiger partial charge in [-0.25, -0.2) is 9.37 Å². The average molecular weight is 443 g/mol. The van der Waals surface area contributed by atoms with Crippen LogP contribution in [-0.4, -0.2) is 35.5 Å². The number of tetrazole rings is 1. The van der Waals surface area contributed by atoms with Crippen molar-refractivity contribution in [1.29, 1.82) is 0 Å². The van der Waals surface area contributed by atoms with Gasteiger partial charge in [0.05, 0.1) is 17.1 Å². The highest BCUT2D eigenvalue weighted by Crippen LogP contribution is 2.21. The summed E-state index contributed by atoms with van der Waals surface area (Å²) in [7, 11) is 0. The van der Waals surface area contributed by atoms with E-state index >= 15 is 0 Å². The van der Waals surface area contributed by atoms with Crippen LogP contribution >= 0.6 is 0 Å². The van der Waals surface area contributed by atoms with Crippen molar-refractivity contribution in [1.82, 2.24) is 29.6 Å². The Hall–Kier alpha value is -4.60. The molecule has 164 valence electrons. The van der Waals surface area contributed by atoms with Gasteiger partial charge in [-0.2, -0.15) is 4.68 Å². The highest BCUT2D eigenvalue weighted by atomic mass is 19.1. The molecule has 0 aliphatic heterocycles. The number of aryl methyl sites for hydroxylation is 1. The Morgan fingerprint density at radius 2 is 2.03 bits per heavy atom. The Balaban J connectivity index is 1.30. The number of amides is 1. The highest BCUT2D eigenvalue weighted by Gasteiger charge is 2.13. The van der Waals surface area contributed by atoms with E-state index in [-0.39, 0.29) is 12.3 Å². The SMILES string of the molecule is Cc1nnnn1-c1ccc(F)c(NC(=O)c2cccc(OCc3cn4ccccc4n3)c2)c1. The number of ether oxygens (including phenoxy) is 1. The lowest BCUT2D eigenvalue weighted by molar-refractivity contribution is 0.102. The van der Waals surface area contributed by atoms with Crippen LogP contribution in [0.1, 0.15) is 21.9 Å². The van der Waals surface area contributed by atoms with Gasteiger partial charge in [-0.1, -0.05) is 12.1 Å². The topological polar surface area (TPSA) is 99.2 Å². The normalized spacial score (nSPS) is 11.0. The lowest BCUT2D eigenvalue weighted by Gasteiger charge is -2.10. The standard InChI is InChI=1S/C23H18FN7O2/c1-15-27-28-29-31(15)18-8-9-20(24)21(12-18)26-23(32)16-5-4-6-19(11-16)33-14-17-13-30-10-3-2-7-22(30)25-17/h2-13H,14H2,1H3,(H,26,32). The van der Waals surface area contributed by atoms with Gasteiger partial charge in [0.25, 0.3) is 5.91 Å². The number of hydrogen-bond acceptors (Lipinski definition) is 6. The van der Waals surface area contributed by atoms with Crippen LogP contribution in [0, 0.1) is 12.7 Å². The molecule has 0 spiro atoms. The molecule has 10 heteroatoms. The van der Waals surface area contributed by atoms with Gasteiger partial charge >= 0.3 is 0 Å². The third-order valence-corrected chi connectivity index (χ3v) is 4.96. The van der Waals surface area contributed by atoms with E-state index in [1.54, 1.807) is 31.2 Å². The molecule has 33 heavy (non-hydrogen) atoms. The molecule has 5 aromatic rings. The Labute approximate surface area is 187 Å². The number of fused-ring (bicyclic) bond motifs is 1. The van der Waals surface area contributed by atoms with E-state index in [4.69, 9.17) is 4.74 Å². The molecule has 0 fully saturated rings. The molecule has 1 amide bonds. The number of rotatable bonds is 6. The molecule has 0 aliphatic carbocycles. The molecule has 5 rings (SSSR count). The first-order chi connectivity index (χ1) is 16.1. The van der Waals surface area contributed by atoms with Crippen molar-refractivity contribution in [3.8, 4) is 11.4 Å². The van der Waals surface area contributed by atoms with Gasteiger partial charge in [0.15, 0.2) is 5.82 Å². The quantitative estimate of drug-likeness (QED) is 0.431. The molecule has 1 N–H and O–H groups in total. The monoisotopic (exact) mass is 443 g/mol. The minimum atomic E-state index is -0.572. The molecule has 0 atom stereocenters. The number of aromatic nitrogens is 6. The van der Waals surface area contributed by atoms with E-state index in [9.17, 15) is 9.18 Å². The first kappa shape index (κ1) is 20.3. The third-order valence-electron chi connectivity index (χ3n) is 4.96. The van der Waals surface area contributed by atoms with Crippen molar-refractivity contribution in [3.05, 3.63) is 96.0 Å². The Kier molecular flexibility index (Phi) is 5.23. The van der Waals surface area contributed by atoms with Crippen molar-refractivity contribution in [2.75, 3.05) is 5.32 Å². The van der Waals surface area contributed by atoms with Crippen LogP contribution in [0.15, 0.2) is 73.1 Å². The van der Waals surface area contributed by atoms with Crippen molar-refractivity contribution >= 4 is 17.2 Å². The van der Waals surface area contributed by atoms with Gasteiger partial charge in [0.1, 0.15) is 23.8 Å². The van der Waals surface area contributed by atoms with Crippen LogP contribution in [0.5, 0.6) is 5.75 Å². The smallest absolute Gasteiger partial charge is 0.255 e. The number of nitrogens with zero attached hydrogens (tertiary/aromatic N) is 6. The fraction of sp³-hybridized carbons (Fsp3) is 0.0870. The van der Waals surface area contributed by atoms with Crippen LogP contribution in [0.4, 0.5) is 10.1 Å². The maximum atomic E-state index is 14.4. The van der Waals surface area contributed by atoms with Gasteiger partial charge in [0, 0.05) is 18.0 Å². The van der Waals surface area contributed by atoms with Gasteiger partial charge in [-0.3, -0.25) is 4.79 Å². The summed E-state index contributed by atoms with van der Waals surface area (Å²) < 4.78 is 23.5. The fourth-order valence-corrected chi connectivity index (χ4v) is 3.35. The number of hydrogen-bond donors (Lipinski definition) is 1. The maximum absolute atomic E-state index is 14.4. The molecule has 2 aromatic carbocycles. The van der Waals surface area contributed by atoms with Crippen LogP contribution in [0.2, 0.25) is 0 Å². The van der Waals surface area contributed by atoms with E-state index in [2.05, 4.69) is 25.8 Å². The zero-order valence-electron chi connectivity index (χ0n) is 17.5. The van der Waals surface area contributed by atoms with Crippen LogP contribution in [-0.2, 0) is 6.61 Å². The summed E-state index contributed by atoms with van der Waals surface area (Å²) in [5.74, 6) is -0.0117. The number of anilines is 1. The second-order valence-corrected chi connectivity index (χ2v) is 7.27. The van der Waals surface area contributed by atoms with E-state index < -0.39 is 11.7 Å². The minimum Gasteiger partial charge on any atom is -0.487 e. The maximum Gasteiger partial charge on any atom is 0.255 e. The van der Waals surface area contributed by atoms with E-state index in [1.165, 1.54) is 22.9 Å². The lowest BCUT2D eigenvalue weighted by Crippen LogP contribution is -2.14. The van der Waals surface area contributed by atoms with Crippen LogP contribution < -0.4 is 10.1 Å². The molecule has 3 aromatic heterocycles. The molecule has 9 nitrogen and oxygen atoms in total. The first-order valence-corrected chi connectivity index (χ1v) is 10.1. The first-order valence-electron chi connectivity index (χ1n) is 10.1. The summed E-state index contributed by atoms with van der Waals surface area (Å²) >= 11 is 0. The number of nitrogens with one attached hydrogen (secondary N) is 1. The zero-order valence-corrected chi connectivity index (χ0v) is 17.5. The van der Waals surface area contributed by atoms with Crippen molar-refractivity contribution in [2.24, 2.45) is 0 Å². The van der Waals surface area contributed by atoms with Crippen molar-refractivity contribution in [2.45, 2.75) is 13.5 Å². The molecule has 0 aliphatic rings. The third kappa shape index (κ3) is 4.26. The predicted molar refractivity (Wildman–Crippen MR) is 118 cm³/mol. The van der Waals surface area contributed by atoms with E-state index in [1.807, 2.05) is 35.0 Å². The Morgan fingerprint density at radius 1 is 1.12 bits per heavy atom. The van der Waals surface area contributed by atoms with Crippen molar-refractivity contribution in [3.63, 3.8) is 0 Å². The molecule has 0 saturated carbocycles. The summed E-state index contributed by atoms with van der Waals surface area (Å²) in [6.45, 7) is 1.97. The van der Waals surface area contributed by atoms with Crippen LogP contribution in [0.25, 0.3) is 11.3 Å². The molecular formula is C23H18FN7O2. The number of carbonyl (C=O) groups excluding carboxylic acids is 1. The van der Waals surface area contributed by atoms with Gasteiger partial charge in [-0.15, -0.1) is 5.10 Å². The lowest BCUT2D eigenvalue weighted by atomic mass is 10.2. The Bertz CT molecular complexity index is 1430. The van der Waals surface area contributed by atoms with E-state index in [0.29, 0.717) is 22.8 Å². The molecule has 0 saturated heterocycles. The molecule has 0 unspecified atom stereocenters. The van der Waals surface area contributed by atoms with E-state index in [0.717, 1.165) is 11.3 Å². The number of imidazole rings is 1. The minimum absolute atomic E-state index is 0.0171. The number of pyridine rings is 1. The van der Waals surface area contributed by atoms with Crippen LogP contribution in [0.3, 0.4) is 0 Å². The summed E-state index contributed by atoms with van der Waals surface area (Å²) in [5, 5.41) is 13.9. The molecular weight excluding hydrogens is 425 g/mol. The number of halogens is 1. The second kappa shape index (κ2) is 8.50. The predicted octanol–water partition coefficient (Wildman–Crippen LogP) is 3.59. The summed E-state index contributed by atoms with van der Waals surface area (Å²) in [4.78, 5) is 17.3. The summed E-state index contributed by atoms with van der Waals surface area (Å²) in [5.41, 5.74) is 2.45. The number of carbonyl (C=O) groups is 1. The fourth-order valence-electron chi connectivity index (χ4n) is 3.35. The average Bonchev–Trinajstić information content (AvgIpc) is 3.45. The summed E-state index contributed by atoms with van der Waals surface area (Å²) in [6.07, 6.45) is 3.79. The number of benzene rings is 2. The van der Waals surface area contributed by atoms with Gasteiger partial charge < -0.3 is 14.5 Å². The molecule has 0 radical (unpaired) electrons. The summed E-state index contributed by atoms with van der Waals surface area (Å²) in [6, 6.07) is 16.7. The van der Waals surface area contributed by atoms with Crippen molar-refractivity contribution < 1.29 is 13.9 Å². The molecule has 0 bridgehead atoms. The Morgan fingerprint density at radius 3 is 2.85 bits per heavy atom. The second-order valence-electron chi connectivity index (χ2n) is 7.27. The highest BCUT2D eigenvalue weighted by molar-refractivity contribution is 6.04. The van der Waals surface area contributed by atoms with Gasteiger partial charge in [0.2, 0.25) is 0 Å². The molecule has 3 heterocycles.